The van der Waals surface area contributed by atoms with Gasteiger partial charge in [0.05, 0.1) is 17.9 Å². The van der Waals surface area contributed by atoms with Crippen LogP contribution in [0.5, 0.6) is 0 Å². The fourth-order valence-electron chi connectivity index (χ4n) is 1.11. The Morgan fingerprint density at radius 1 is 1.67 bits per heavy atom. The number of halogens is 2. The molecule has 0 aromatic carbocycles. The van der Waals surface area contributed by atoms with Gasteiger partial charge in [-0.2, -0.15) is 5.26 Å². The number of hydrogen-bond donors (Lipinski definition) is 1. The van der Waals surface area contributed by atoms with Crippen molar-refractivity contribution in [2.24, 2.45) is 0 Å². The first kappa shape index (κ1) is 11.6. The maximum atomic E-state index is 12.5. The molecule has 0 bridgehead atoms. The van der Waals surface area contributed by atoms with Crippen LogP contribution < -0.4 is 0 Å². The lowest BCUT2D eigenvalue weighted by Crippen LogP contribution is -2.12. The Labute approximate surface area is 88.6 Å². The fraction of sp³-hybridized carbons (Fsp3) is 0.333. The van der Waals surface area contributed by atoms with E-state index in [0.29, 0.717) is 0 Å². The van der Waals surface area contributed by atoms with E-state index in [4.69, 9.17) is 10.4 Å². The predicted molar refractivity (Wildman–Crippen MR) is 50.0 cm³/mol. The average Bonchev–Trinajstić information content (AvgIpc) is 2.61. The summed E-state index contributed by atoms with van der Waals surface area (Å²) in [4.78, 5) is 10.6. The van der Waals surface area contributed by atoms with Crippen LogP contribution in [0.15, 0.2) is 11.4 Å². The minimum Gasteiger partial charge on any atom is -0.481 e. The zero-order chi connectivity index (χ0) is 11.4. The number of thiophene rings is 1. The quantitative estimate of drug-likeness (QED) is 0.865. The van der Waals surface area contributed by atoms with Gasteiger partial charge in [0.2, 0.25) is 6.43 Å². The van der Waals surface area contributed by atoms with Gasteiger partial charge in [-0.3, -0.25) is 4.79 Å². The van der Waals surface area contributed by atoms with Gasteiger partial charge in [0, 0.05) is 10.3 Å². The summed E-state index contributed by atoms with van der Waals surface area (Å²) < 4.78 is 25.0. The largest absolute Gasteiger partial charge is 0.481 e. The molecular weight excluding hydrogens is 224 g/mol. The Kier molecular flexibility index (Phi) is 3.74. The molecule has 0 amide bonds. The molecule has 15 heavy (non-hydrogen) atoms. The van der Waals surface area contributed by atoms with Crippen LogP contribution in [0.4, 0.5) is 8.78 Å². The minimum absolute atomic E-state index is 0.240. The summed E-state index contributed by atoms with van der Waals surface area (Å²) in [6.07, 6.45) is -3.35. The molecule has 0 fully saturated rings. The van der Waals surface area contributed by atoms with Gasteiger partial charge in [-0.25, -0.2) is 8.78 Å². The first-order valence-electron chi connectivity index (χ1n) is 4.03. The first-order chi connectivity index (χ1) is 7.04. The minimum atomic E-state index is -2.73. The van der Waals surface area contributed by atoms with Crippen LogP contribution in [-0.4, -0.2) is 17.5 Å². The molecule has 1 aromatic rings. The molecule has 0 saturated carbocycles. The van der Waals surface area contributed by atoms with Crippen LogP contribution in [0.2, 0.25) is 0 Å². The van der Waals surface area contributed by atoms with Crippen molar-refractivity contribution in [2.45, 2.75) is 18.8 Å². The molecule has 0 aliphatic heterocycles. The SMILES string of the molecule is N#Cc1csc(C(CC(=O)O)C(F)F)c1. The third kappa shape index (κ3) is 2.99. The molecule has 80 valence electrons. The average molecular weight is 231 g/mol. The van der Waals surface area contributed by atoms with Crippen LogP contribution in [0.3, 0.4) is 0 Å². The second-order valence-electron chi connectivity index (χ2n) is 2.89. The van der Waals surface area contributed by atoms with Crippen molar-refractivity contribution in [2.75, 3.05) is 0 Å². The number of carboxylic acid groups (broad SMARTS) is 1. The van der Waals surface area contributed by atoms with Crippen molar-refractivity contribution in [3.63, 3.8) is 0 Å². The van der Waals surface area contributed by atoms with Gasteiger partial charge in [0.1, 0.15) is 6.07 Å². The second-order valence-corrected chi connectivity index (χ2v) is 3.83. The summed E-state index contributed by atoms with van der Waals surface area (Å²) in [5.74, 6) is -2.60. The zero-order valence-corrected chi connectivity index (χ0v) is 8.30. The van der Waals surface area contributed by atoms with Gasteiger partial charge in [-0.05, 0) is 6.07 Å². The number of rotatable bonds is 4. The summed E-state index contributed by atoms with van der Waals surface area (Å²) in [7, 11) is 0. The normalized spacial score (nSPS) is 12.4. The Bertz CT molecular complexity index is 397. The lowest BCUT2D eigenvalue weighted by molar-refractivity contribution is -0.138. The van der Waals surface area contributed by atoms with Crippen molar-refractivity contribution < 1.29 is 18.7 Å². The topological polar surface area (TPSA) is 61.1 Å². The smallest absolute Gasteiger partial charge is 0.304 e. The van der Waals surface area contributed by atoms with Crippen molar-refractivity contribution in [3.8, 4) is 6.07 Å². The maximum absolute atomic E-state index is 12.5. The standard InChI is InChI=1S/C9H7F2NO2S/c10-9(11)6(2-8(13)14)7-1-5(3-12)4-15-7/h1,4,6,9H,2H2,(H,13,14). The van der Waals surface area contributed by atoms with Gasteiger partial charge >= 0.3 is 5.97 Å². The van der Waals surface area contributed by atoms with E-state index in [1.54, 1.807) is 0 Å². The van der Waals surface area contributed by atoms with Crippen LogP contribution in [-0.2, 0) is 4.79 Å². The van der Waals surface area contributed by atoms with E-state index in [2.05, 4.69) is 0 Å². The highest BCUT2D eigenvalue weighted by molar-refractivity contribution is 7.10. The zero-order valence-electron chi connectivity index (χ0n) is 7.48. The Morgan fingerprint density at radius 2 is 2.33 bits per heavy atom. The summed E-state index contributed by atoms with van der Waals surface area (Å²) in [5.41, 5.74) is 0.283. The summed E-state index contributed by atoms with van der Waals surface area (Å²) in [6.45, 7) is 0. The number of hydrogen-bond acceptors (Lipinski definition) is 3. The molecule has 1 heterocycles. The van der Waals surface area contributed by atoms with Gasteiger partial charge in [0.15, 0.2) is 0 Å². The third-order valence-corrected chi connectivity index (χ3v) is 2.88. The summed E-state index contributed by atoms with van der Waals surface area (Å²) >= 11 is 0.987. The molecule has 0 radical (unpaired) electrons. The van der Waals surface area contributed by atoms with E-state index >= 15 is 0 Å². The van der Waals surface area contributed by atoms with Gasteiger partial charge < -0.3 is 5.11 Å². The number of carbonyl (C=O) groups is 1. The molecule has 1 atom stereocenters. The van der Waals surface area contributed by atoms with Gasteiger partial charge in [-0.1, -0.05) is 0 Å². The Morgan fingerprint density at radius 3 is 2.73 bits per heavy atom. The van der Waals surface area contributed by atoms with E-state index in [-0.39, 0.29) is 10.4 Å². The van der Waals surface area contributed by atoms with Crippen molar-refractivity contribution in [3.05, 3.63) is 21.9 Å². The Balaban J connectivity index is 2.89. The molecule has 0 spiro atoms. The van der Waals surface area contributed by atoms with E-state index < -0.39 is 24.7 Å². The molecule has 0 saturated heterocycles. The maximum Gasteiger partial charge on any atom is 0.304 e. The number of nitrogens with zero attached hydrogens (tertiary/aromatic N) is 1. The van der Waals surface area contributed by atoms with E-state index in [1.807, 2.05) is 6.07 Å². The van der Waals surface area contributed by atoms with Gasteiger partial charge in [0.25, 0.3) is 0 Å². The first-order valence-corrected chi connectivity index (χ1v) is 4.91. The molecule has 0 aliphatic rings. The number of alkyl halides is 2. The molecule has 1 rings (SSSR count). The van der Waals surface area contributed by atoms with Crippen molar-refractivity contribution in [1.82, 2.24) is 0 Å². The molecule has 1 N–H and O–H groups in total. The highest BCUT2D eigenvalue weighted by Crippen LogP contribution is 2.31. The predicted octanol–water partition coefficient (Wildman–Crippen LogP) is 2.44. The lowest BCUT2D eigenvalue weighted by atomic mass is 10.0. The highest BCUT2D eigenvalue weighted by Gasteiger charge is 2.26. The third-order valence-electron chi connectivity index (χ3n) is 1.81. The van der Waals surface area contributed by atoms with Gasteiger partial charge in [-0.15, -0.1) is 11.3 Å². The summed E-state index contributed by atoms with van der Waals surface area (Å²) in [5, 5.41) is 18.4. The van der Waals surface area contributed by atoms with Crippen LogP contribution >= 0.6 is 11.3 Å². The monoisotopic (exact) mass is 231 g/mol. The van der Waals surface area contributed by atoms with Crippen LogP contribution in [0.1, 0.15) is 22.8 Å². The fourth-order valence-corrected chi connectivity index (χ4v) is 2.05. The molecule has 1 aromatic heterocycles. The molecule has 1 unspecified atom stereocenters. The summed E-state index contributed by atoms with van der Waals surface area (Å²) in [6, 6.07) is 3.12. The molecule has 0 aliphatic carbocycles. The number of aliphatic carboxylic acids is 1. The molecular formula is C9H7F2NO2S. The van der Waals surface area contributed by atoms with Crippen LogP contribution in [0.25, 0.3) is 0 Å². The van der Waals surface area contributed by atoms with Crippen LogP contribution in [0, 0.1) is 11.3 Å². The van der Waals surface area contributed by atoms with E-state index in [1.165, 1.54) is 11.4 Å². The second kappa shape index (κ2) is 4.84. The molecule has 6 heteroatoms. The molecule has 3 nitrogen and oxygen atoms in total. The number of carboxylic acids is 1. The highest BCUT2D eigenvalue weighted by atomic mass is 32.1. The van der Waals surface area contributed by atoms with Crippen molar-refractivity contribution >= 4 is 17.3 Å². The Hall–Kier alpha value is -1.48. The lowest BCUT2D eigenvalue weighted by Gasteiger charge is -2.10. The van der Waals surface area contributed by atoms with Crippen molar-refractivity contribution in [1.29, 1.82) is 5.26 Å². The number of nitriles is 1. The van der Waals surface area contributed by atoms with E-state index in [0.717, 1.165) is 11.3 Å². The van der Waals surface area contributed by atoms with E-state index in [9.17, 15) is 13.6 Å².